The van der Waals surface area contributed by atoms with Crippen molar-refractivity contribution in [2.45, 2.75) is 0 Å². The Hall–Kier alpha value is 0.450. The highest BCUT2D eigenvalue weighted by Crippen LogP contribution is 2.38. The van der Waals surface area contributed by atoms with Gasteiger partial charge >= 0.3 is 6.72 Å². The summed E-state index contributed by atoms with van der Waals surface area (Å²) in [6.07, 6.45) is 0. The first kappa shape index (κ1) is 7.45. The SMILES string of the molecule is NOP(O)(=S)ON. The molecule has 0 atom stereocenters. The second-order valence-corrected chi connectivity index (χ2v) is 3.42. The molecule has 0 amide bonds. The van der Waals surface area contributed by atoms with E-state index in [9.17, 15) is 0 Å². The van der Waals surface area contributed by atoms with Crippen LogP contribution in [-0.4, -0.2) is 4.89 Å². The molecule has 0 fully saturated rings. The van der Waals surface area contributed by atoms with E-state index >= 15 is 0 Å². The molecule has 7 heteroatoms. The summed E-state index contributed by atoms with van der Waals surface area (Å²) >= 11 is 4.12. The van der Waals surface area contributed by atoms with E-state index in [0.29, 0.717) is 0 Å². The highest BCUT2D eigenvalue weighted by Gasteiger charge is 2.09. The molecule has 5 N–H and O–H groups in total. The molecule has 44 valence electrons. The van der Waals surface area contributed by atoms with Crippen LogP contribution in [0.1, 0.15) is 0 Å². The van der Waals surface area contributed by atoms with Crippen molar-refractivity contribution < 1.29 is 14.1 Å². The average molecular weight is 144 g/mol. The maximum atomic E-state index is 8.36. The van der Waals surface area contributed by atoms with Gasteiger partial charge in [0, 0.05) is 0 Å². The van der Waals surface area contributed by atoms with Gasteiger partial charge in [-0.3, -0.25) is 0 Å². The second kappa shape index (κ2) is 2.68. The summed E-state index contributed by atoms with van der Waals surface area (Å²) < 4.78 is 7.44. The van der Waals surface area contributed by atoms with Crippen LogP contribution < -0.4 is 11.8 Å². The summed E-state index contributed by atoms with van der Waals surface area (Å²) in [4.78, 5) is 8.36. The standard InChI is InChI=1S/H5N2O3PS/c1-4-6(3,7)5-2/h1-2H2,(H,3,7). The largest absolute Gasteiger partial charge is 0.357 e. The van der Waals surface area contributed by atoms with Gasteiger partial charge in [-0.05, 0) is 11.8 Å². The lowest BCUT2D eigenvalue weighted by molar-refractivity contribution is 0.203. The first-order chi connectivity index (χ1) is 3.12. The summed E-state index contributed by atoms with van der Waals surface area (Å²) in [5.41, 5.74) is 0. The lowest BCUT2D eigenvalue weighted by Crippen LogP contribution is -2.03. The Kier molecular flexibility index (Phi) is 2.86. The first-order valence-electron chi connectivity index (χ1n) is 1.22. The molecule has 0 aliphatic rings. The fourth-order valence-electron chi connectivity index (χ4n) is 0.0248. The molecule has 0 rings (SSSR count). The summed E-state index contributed by atoms with van der Waals surface area (Å²) in [6, 6.07) is 0. The molecule has 0 aromatic carbocycles. The Morgan fingerprint density at radius 3 is 1.71 bits per heavy atom. The van der Waals surface area contributed by atoms with Gasteiger partial charge in [-0.25, -0.2) is 21.0 Å². The van der Waals surface area contributed by atoms with E-state index in [1.807, 2.05) is 0 Å². The molecule has 0 spiro atoms. The van der Waals surface area contributed by atoms with Gasteiger partial charge in [-0.2, -0.15) is 0 Å². The van der Waals surface area contributed by atoms with E-state index in [-0.39, 0.29) is 0 Å². The van der Waals surface area contributed by atoms with E-state index in [1.165, 1.54) is 0 Å². The highest BCUT2D eigenvalue weighted by molar-refractivity contribution is 8.07. The average Bonchev–Trinajstić information content (AvgIpc) is 1.68. The summed E-state index contributed by atoms with van der Waals surface area (Å²) in [7, 11) is 0. The Balaban J connectivity index is 3.61. The van der Waals surface area contributed by atoms with Crippen molar-refractivity contribution in [1.82, 2.24) is 0 Å². The quantitative estimate of drug-likeness (QED) is 0.339. The Bertz CT molecular complexity index is 84.9. The third-order valence-electron chi connectivity index (χ3n) is 0.266. The second-order valence-electron chi connectivity index (χ2n) is 0.679. The van der Waals surface area contributed by atoms with Crippen LogP contribution in [0.25, 0.3) is 0 Å². The smallest absolute Gasteiger partial charge is 0.322 e. The van der Waals surface area contributed by atoms with Crippen molar-refractivity contribution >= 4 is 18.5 Å². The predicted molar refractivity (Wildman–Crippen MR) is 27.0 cm³/mol. The fourth-order valence-corrected chi connectivity index (χ4v) is 0.0745. The normalized spacial score (nSPS) is 11.9. The Labute approximate surface area is 45.4 Å². The van der Waals surface area contributed by atoms with Crippen molar-refractivity contribution in [3.8, 4) is 0 Å². The van der Waals surface area contributed by atoms with E-state index in [2.05, 4.69) is 32.8 Å². The van der Waals surface area contributed by atoms with Crippen molar-refractivity contribution in [1.29, 1.82) is 0 Å². The summed E-state index contributed by atoms with van der Waals surface area (Å²) in [6.45, 7) is -3.27. The van der Waals surface area contributed by atoms with Gasteiger partial charge in [-0.1, -0.05) is 0 Å². The number of hydrogen-bond donors (Lipinski definition) is 3. The van der Waals surface area contributed by atoms with Crippen molar-refractivity contribution in [3.05, 3.63) is 0 Å². The fraction of sp³-hybridized carbons (Fsp3) is 0. The molecule has 0 aliphatic carbocycles. The maximum absolute atomic E-state index is 8.36. The number of rotatable bonds is 2. The topological polar surface area (TPSA) is 90.7 Å². The zero-order valence-electron chi connectivity index (χ0n) is 3.27. The van der Waals surface area contributed by atoms with Crippen molar-refractivity contribution in [2.75, 3.05) is 0 Å². The lowest BCUT2D eigenvalue weighted by atomic mass is 13.6. The molecule has 0 saturated carbocycles. The van der Waals surface area contributed by atoms with Gasteiger partial charge in [0.25, 0.3) is 0 Å². The maximum Gasteiger partial charge on any atom is 0.357 e. The molecule has 0 aliphatic heterocycles. The van der Waals surface area contributed by atoms with E-state index in [0.717, 1.165) is 0 Å². The molecule has 0 radical (unpaired) electrons. The monoisotopic (exact) mass is 144 g/mol. The van der Waals surface area contributed by atoms with Gasteiger partial charge in [0.1, 0.15) is 0 Å². The van der Waals surface area contributed by atoms with E-state index < -0.39 is 6.72 Å². The Morgan fingerprint density at radius 1 is 1.43 bits per heavy atom. The minimum Gasteiger partial charge on any atom is -0.322 e. The zero-order chi connectivity index (χ0) is 5.91. The summed E-state index contributed by atoms with van der Waals surface area (Å²) in [5, 5.41) is 0. The van der Waals surface area contributed by atoms with Crippen LogP contribution in [0.2, 0.25) is 0 Å². The van der Waals surface area contributed by atoms with Crippen LogP contribution in [0.4, 0.5) is 0 Å². The van der Waals surface area contributed by atoms with Gasteiger partial charge < -0.3 is 4.89 Å². The van der Waals surface area contributed by atoms with E-state index in [1.54, 1.807) is 0 Å². The lowest BCUT2D eigenvalue weighted by Gasteiger charge is -2.04. The van der Waals surface area contributed by atoms with E-state index in [4.69, 9.17) is 4.89 Å². The molecule has 0 unspecified atom stereocenters. The number of hydrogen-bond acceptors (Lipinski definition) is 5. The van der Waals surface area contributed by atoms with Crippen LogP contribution in [0.15, 0.2) is 0 Å². The third kappa shape index (κ3) is 3.07. The highest BCUT2D eigenvalue weighted by atomic mass is 32.5. The van der Waals surface area contributed by atoms with Crippen molar-refractivity contribution in [3.63, 3.8) is 0 Å². The molecule has 0 saturated heterocycles. The molecule has 0 heterocycles. The minimum atomic E-state index is -3.27. The predicted octanol–water partition coefficient (Wildman–Crippen LogP) is -1.02. The minimum absolute atomic E-state index is 3.27. The molecule has 5 nitrogen and oxygen atoms in total. The van der Waals surface area contributed by atoms with Crippen LogP contribution in [0.5, 0.6) is 0 Å². The number of nitrogens with two attached hydrogens (primary N) is 2. The van der Waals surface area contributed by atoms with Crippen LogP contribution in [-0.2, 0) is 21.1 Å². The van der Waals surface area contributed by atoms with Crippen LogP contribution >= 0.6 is 6.72 Å². The van der Waals surface area contributed by atoms with Gasteiger partial charge in [0.05, 0.1) is 0 Å². The summed E-state index contributed by atoms with van der Waals surface area (Å²) in [5.74, 6) is 8.81. The Morgan fingerprint density at radius 2 is 1.71 bits per heavy atom. The molecular weight excluding hydrogens is 139 g/mol. The molecular formula is H5N2O3PS. The van der Waals surface area contributed by atoms with Gasteiger partial charge in [-0.15, -0.1) is 0 Å². The van der Waals surface area contributed by atoms with Gasteiger partial charge in [0.15, 0.2) is 0 Å². The molecule has 0 bridgehead atoms. The molecule has 7 heavy (non-hydrogen) atoms. The first-order valence-corrected chi connectivity index (χ1v) is 3.81. The molecule has 0 aromatic heterocycles. The van der Waals surface area contributed by atoms with Gasteiger partial charge in [0.2, 0.25) is 0 Å². The molecule has 0 aromatic rings. The third-order valence-corrected chi connectivity index (χ3v) is 1.32. The van der Waals surface area contributed by atoms with Crippen LogP contribution in [0.3, 0.4) is 0 Å². The van der Waals surface area contributed by atoms with Crippen molar-refractivity contribution in [2.24, 2.45) is 11.8 Å². The van der Waals surface area contributed by atoms with Crippen LogP contribution in [0, 0.1) is 0 Å². The zero-order valence-corrected chi connectivity index (χ0v) is 4.98.